The predicted octanol–water partition coefficient (Wildman–Crippen LogP) is 0.569. The first-order valence-electron chi connectivity index (χ1n) is 2.71. The van der Waals surface area contributed by atoms with Gasteiger partial charge in [0.15, 0.2) is 0 Å². The summed E-state index contributed by atoms with van der Waals surface area (Å²) in [5.41, 5.74) is 0. The second-order valence-electron chi connectivity index (χ2n) is 2.13. The van der Waals surface area contributed by atoms with Crippen molar-refractivity contribution in [2.75, 3.05) is 6.54 Å². The second kappa shape index (κ2) is 3.08. The molecular formula is C5H11F2NO. The zero-order valence-electron chi connectivity index (χ0n) is 5.49. The highest BCUT2D eigenvalue weighted by Gasteiger charge is 2.20. The lowest BCUT2D eigenvalue weighted by atomic mass is 10.4. The molecule has 0 spiro atoms. The molecular weight excluding hydrogens is 128 g/mol. The molecule has 0 fully saturated rings. The van der Waals surface area contributed by atoms with Crippen molar-refractivity contribution >= 4 is 0 Å². The highest BCUT2D eigenvalue weighted by molar-refractivity contribution is 4.61. The highest BCUT2D eigenvalue weighted by Crippen LogP contribution is 2.08. The van der Waals surface area contributed by atoms with Gasteiger partial charge in [-0.2, -0.15) is 0 Å². The number of aliphatic hydroxyl groups is 1. The molecule has 4 heteroatoms. The Bertz CT molecular complexity index is 79.5. The lowest BCUT2D eigenvalue weighted by Crippen LogP contribution is -2.35. The molecule has 0 aliphatic heterocycles. The molecule has 0 heterocycles. The van der Waals surface area contributed by atoms with Crippen molar-refractivity contribution in [1.29, 1.82) is 0 Å². The van der Waals surface area contributed by atoms with Gasteiger partial charge < -0.3 is 5.11 Å². The molecule has 0 aromatic heterocycles. The molecule has 0 saturated carbocycles. The largest absolute Gasteiger partial charge is 0.379 e. The van der Waals surface area contributed by atoms with Crippen LogP contribution in [0.2, 0.25) is 0 Å². The Morgan fingerprint density at radius 3 is 2.22 bits per heavy atom. The average Bonchev–Trinajstić information content (AvgIpc) is 1.59. The SMILES string of the molecule is CC(O)NCC(C)(F)F. The van der Waals surface area contributed by atoms with Crippen molar-refractivity contribution in [2.24, 2.45) is 0 Å². The minimum Gasteiger partial charge on any atom is -0.379 e. The summed E-state index contributed by atoms with van der Waals surface area (Å²) >= 11 is 0. The summed E-state index contributed by atoms with van der Waals surface area (Å²) in [5.74, 6) is -2.74. The summed E-state index contributed by atoms with van der Waals surface area (Å²) in [7, 11) is 0. The van der Waals surface area contributed by atoms with Crippen LogP contribution in [-0.4, -0.2) is 23.8 Å². The molecule has 2 N–H and O–H groups in total. The fraction of sp³-hybridized carbons (Fsp3) is 1.00. The van der Waals surface area contributed by atoms with Crippen molar-refractivity contribution in [3.05, 3.63) is 0 Å². The van der Waals surface area contributed by atoms with E-state index < -0.39 is 18.7 Å². The van der Waals surface area contributed by atoms with Crippen molar-refractivity contribution in [3.63, 3.8) is 0 Å². The molecule has 0 saturated heterocycles. The number of halogens is 2. The van der Waals surface area contributed by atoms with E-state index in [2.05, 4.69) is 5.32 Å². The van der Waals surface area contributed by atoms with E-state index in [1.54, 1.807) is 0 Å². The maximum atomic E-state index is 11.9. The summed E-state index contributed by atoms with van der Waals surface area (Å²) in [6.45, 7) is 1.71. The zero-order chi connectivity index (χ0) is 7.49. The summed E-state index contributed by atoms with van der Waals surface area (Å²) in [6.07, 6.45) is -0.865. The normalized spacial score (nSPS) is 15.7. The number of hydrogen-bond donors (Lipinski definition) is 2. The number of nitrogens with one attached hydrogen (secondary N) is 1. The number of aliphatic hydroxyl groups excluding tert-OH is 1. The van der Waals surface area contributed by atoms with Crippen molar-refractivity contribution < 1.29 is 13.9 Å². The van der Waals surface area contributed by atoms with Crippen molar-refractivity contribution in [2.45, 2.75) is 26.0 Å². The van der Waals surface area contributed by atoms with Crippen LogP contribution in [0.4, 0.5) is 8.78 Å². The van der Waals surface area contributed by atoms with Gasteiger partial charge in [0, 0.05) is 6.92 Å². The Hall–Kier alpha value is -0.220. The Morgan fingerprint density at radius 1 is 1.67 bits per heavy atom. The minimum absolute atomic E-state index is 0.481. The van der Waals surface area contributed by atoms with E-state index >= 15 is 0 Å². The fourth-order valence-electron chi connectivity index (χ4n) is 0.327. The van der Waals surface area contributed by atoms with Crippen LogP contribution in [-0.2, 0) is 0 Å². The van der Waals surface area contributed by atoms with Crippen LogP contribution in [0.25, 0.3) is 0 Å². The monoisotopic (exact) mass is 139 g/mol. The van der Waals surface area contributed by atoms with Gasteiger partial charge in [0.25, 0.3) is 5.92 Å². The van der Waals surface area contributed by atoms with Gasteiger partial charge in [0.1, 0.15) is 6.23 Å². The third kappa shape index (κ3) is 7.78. The average molecular weight is 139 g/mol. The summed E-state index contributed by atoms with van der Waals surface area (Å²) < 4.78 is 23.8. The van der Waals surface area contributed by atoms with E-state index in [9.17, 15) is 8.78 Å². The van der Waals surface area contributed by atoms with E-state index in [0.29, 0.717) is 0 Å². The maximum Gasteiger partial charge on any atom is 0.257 e. The van der Waals surface area contributed by atoms with Crippen LogP contribution in [0.1, 0.15) is 13.8 Å². The Balaban J connectivity index is 3.28. The molecule has 0 bridgehead atoms. The molecule has 1 unspecified atom stereocenters. The third-order valence-corrected chi connectivity index (χ3v) is 0.708. The lowest BCUT2D eigenvalue weighted by Gasteiger charge is -2.12. The van der Waals surface area contributed by atoms with Gasteiger partial charge in [-0.25, -0.2) is 8.78 Å². The number of rotatable bonds is 3. The molecule has 9 heavy (non-hydrogen) atoms. The zero-order valence-corrected chi connectivity index (χ0v) is 5.49. The predicted molar refractivity (Wildman–Crippen MR) is 30.3 cm³/mol. The van der Waals surface area contributed by atoms with Crippen molar-refractivity contribution in [3.8, 4) is 0 Å². The lowest BCUT2D eigenvalue weighted by molar-refractivity contribution is 0.00650. The van der Waals surface area contributed by atoms with E-state index in [-0.39, 0.29) is 0 Å². The van der Waals surface area contributed by atoms with Crippen molar-refractivity contribution in [1.82, 2.24) is 5.32 Å². The van der Waals surface area contributed by atoms with Gasteiger partial charge in [-0.3, -0.25) is 5.32 Å². The first-order chi connectivity index (χ1) is 3.92. The fourth-order valence-corrected chi connectivity index (χ4v) is 0.327. The summed E-state index contributed by atoms with van der Waals surface area (Å²) in [6, 6.07) is 0. The highest BCUT2D eigenvalue weighted by atomic mass is 19.3. The topological polar surface area (TPSA) is 32.3 Å². The molecule has 0 rings (SSSR count). The molecule has 0 aromatic rings. The maximum absolute atomic E-state index is 11.9. The standard InChI is InChI=1S/C5H11F2NO/c1-4(9)8-3-5(2,6)7/h4,8-9H,3H2,1-2H3. The number of hydrogen-bond acceptors (Lipinski definition) is 2. The quantitative estimate of drug-likeness (QED) is 0.560. The van der Waals surface area contributed by atoms with Crippen LogP contribution in [0.3, 0.4) is 0 Å². The molecule has 0 aliphatic carbocycles. The van der Waals surface area contributed by atoms with Crippen LogP contribution in [0, 0.1) is 0 Å². The van der Waals surface area contributed by atoms with Crippen LogP contribution in [0.15, 0.2) is 0 Å². The third-order valence-electron chi connectivity index (χ3n) is 0.708. The molecule has 0 amide bonds. The minimum atomic E-state index is -2.74. The summed E-state index contributed by atoms with van der Waals surface area (Å²) in [4.78, 5) is 0. The van der Waals surface area contributed by atoms with Crippen LogP contribution >= 0.6 is 0 Å². The Morgan fingerprint density at radius 2 is 2.11 bits per heavy atom. The van der Waals surface area contributed by atoms with Gasteiger partial charge in [0.2, 0.25) is 0 Å². The molecule has 0 radical (unpaired) electrons. The smallest absolute Gasteiger partial charge is 0.257 e. The van der Waals surface area contributed by atoms with E-state index in [1.807, 2.05) is 0 Å². The van der Waals surface area contributed by atoms with Gasteiger partial charge in [-0.05, 0) is 6.92 Å². The van der Waals surface area contributed by atoms with E-state index in [4.69, 9.17) is 5.11 Å². The Kier molecular flexibility index (Phi) is 3.00. The summed E-state index contributed by atoms with van der Waals surface area (Å²) in [5, 5.41) is 10.7. The second-order valence-corrected chi connectivity index (χ2v) is 2.13. The number of alkyl halides is 2. The molecule has 1 atom stereocenters. The Labute approximate surface area is 52.9 Å². The van der Waals surface area contributed by atoms with Gasteiger partial charge in [-0.1, -0.05) is 0 Å². The molecule has 0 aliphatic rings. The van der Waals surface area contributed by atoms with E-state index in [1.165, 1.54) is 6.92 Å². The van der Waals surface area contributed by atoms with Gasteiger partial charge in [-0.15, -0.1) is 0 Å². The molecule has 2 nitrogen and oxygen atoms in total. The van der Waals surface area contributed by atoms with Crippen LogP contribution in [0.5, 0.6) is 0 Å². The first kappa shape index (κ1) is 8.78. The first-order valence-corrected chi connectivity index (χ1v) is 2.71. The van der Waals surface area contributed by atoms with Gasteiger partial charge >= 0.3 is 0 Å². The van der Waals surface area contributed by atoms with Gasteiger partial charge in [0.05, 0.1) is 6.54 Å². The molecule has 0 aromatic carbocycles. The van der Waals surface area contributed by atoms with Crippen LogP contribution < -0.4 is 5.32 Å². The molecule has 56 valence electrons. The van der Waals surface area contributed by atoms with E-state index in [0.717, 1.165) is 6.92 Å².